The summed E-state index contributed by atoms with van der Waals surface area (Å²) in [5.41, 5.74) is 4.91. The lowest BCUT2D eigenvalue weighted by molar-refractivity contribution is -0.136. The first-order valence-electron chi connectivity index (χ1n) is 7.12. The normalized spacial score (nSPS) is 11.7. The maximum Gasteiger partial charge on any atom is 0.235 e. The van der Waals surface area contributed by atoms with Crippen molar-refractivity contribution in [2.75, 3.05) is 32.7 Å². The first-order chi connectivity index (χ1) is 8.81. The Morgan fingerprint density at radius 1 is 1.11 bits per heavy atom. The van der Waals surface area contributed by atoms with Crippen molar-refractivity contribution in [1.82, 2.24) is 9.80 Å². The van der Waals surface area contributed by atoms with Crippen molar-refractivity contribution in [1.29, 1.82) is 0 Å². The highest BCUT2D eigenvalue weighted by atomic mass is 32.1. The van der Waals surface area contributed by atoms with E-state index in [1.54, 1.807) is 13.8 Å². The number of amides is 1. The van der Waals surface area contributed by atoms with Gasteiger partial charge in [-0.05, 0) is 46.8 Å². The number of rotatable bonds is 9. The zero-order valence-corrected chi connectivity index (χ0v) is 13.8. The lowest BCUT2D eigenvalue weighted by Crippen LogP contribution is -2.47. The maximum atomic E-state index is 12.4. The van der Waals surface area contributed by atoms with E-state index in [1.807, 2.05) is 11.8 Å². The van der Waals surface area contributed by atoms with Crippen LogP contribution in [0, 0.1) is 5.41 Å². The first kappa shape index (κ1) is 18.3. The van der Waals surface area contributed by atoms with Crippen molar-refractivity contribution in [2.45, 2.75) is 41.0 Å². The van der Waals surface area contributed by atoms with E-state index >= 15 is 0 Å². The topological polar surface area (TPSA) is 49.6 Å². The third-order valence-corrected chi connectivity index (χ3v) is 4.13. The molecule has 0 saturated carbocycles. The van der Waals surface area contributed by atoms with Crippen molar-refractivity contribution in [3.05, 3.63) is 0 Å². The molecule has 0 heterocycles. The van der Waals surface area contributed by atoms with Gasteiger partial charge in [0.05, 0.1) is 10.4 Å². The summed E-state index contributed by atoms with van der Waals surface area (Å²) in [4.78, 5) is 16.9. The largest absolute Gasteiger partial charge is 0.392 e. The van der Waals surface area contributed by atoms with E-state index in [2.05, 4.69) is 18.7 Å². The van der Waals surface area contributed by atoms with Crippen LogP contribution in [0.25, 0.3) is 0 Å². The Labute approximate surface area is 123 Å². The summed E-state index contributed by atoms with van der Waals surface area (Å²) >= 11 is 4.99. The smallest absolute Gasteiger partial charge is 0.235 e. The van der Waals surface area contributed by atoms with Crippen molar-refractivity contribution in [2.24, 2.45) is 11.1 Å². The van der Waals surface area contributed by atoms with Crippen molar-refractivity contribution >= 4 is 23.1 Å². The Hall–Kier alpha value is -0.680. The molecular weight excluding hydrogens is 258 g/mol. The van der Waals surface area contributed by atoms with E-state index in [4.69, 9.17) is 18.0 Å². The molecule has 0 spiro atoms. The maximum absolute atomic E-state index is 12.4. The van der Waals surface area contributed by atoms with Gasteiger partial charge in [0.15, 0.2) is 0 Å². The summed E-state index contributed by atoms with van der Waals surface area (Å²) in [6.07, 6.45) is 0.981. The number of nitrogens with two attached hydrogens (primary N) is 1. The molecule has 1 amide bonds. The molecule has 0 fully saturated rings. The zero-order valence-electron chi connectivity index (χ0n) is 13.0. The van der Waals surface area contributed by atoms with Gasteiger partial charge in [-0.25, -0.2) is 0 Å². The van der Waals surface area contributed by atoms with Crippen LogP contribution in [0.1, 0.15) is 41.0 Å². The summed E-state index contributed by atoms with van der Waals surface area (Å²) in [6.45, 7) is 14.5. The Kier molecular flexibility index (Phi) is 8.18. The van der Waals surface area contributed by atoms with Gasteiger partial charge in [-0.3, -0.25) is 4.79 Å². The van der Waals surface area contributed by atoms with Gasteiger partial charge in [0.25, 0.3) is 0 Å². The van der Waals surface area contributed by atoms with Gasteiger partial charge < -0.3 is 15.5 Å². The van der Waals surface area contributed by atoms with Gasteiger partial charge >= 0.3 is 0 Å². The molecule has 0 unspecified atom stereocenters. The molecule has 0 aromatic carbocycles. The zero-order chi connectivity index (χ0) is 15.1. The Morgan fingerprint density at radius 3 is 2.00 bits per heavy atom. The van der Waals surface area contributed by atoms with Crippen LogP contribution in [-0.4, -0.2) is 53.4 Å². The summed E-state index contributed by atoms with van der Waals surface area (Å²) in [7, 11) is 0. The molecule has 112 valence electrons. The molecule has 0 aromatic heterocycles. The van der Waals surface area contributed by atoms with E-state index in [9.17, 15) is 4.79 Å². The molecule has 0 aliphatic heterocycles. The van der Waals surface area contributed by atoms with Crippen molar-refractivity contribution in [3.63, 3.8) is 0 Å². The predicted molar refractivity (Wildman–Crippen MR) is 85.2 cm³/mol. The molecule has 19 heavy (non-hydrogen) atoms. The quantitative estimate of drug-likeness (QED) is 0.658. The second-order valence-corrected chi connectivity index (χ2v) is 5.69. The molecule has 0 rings (SSSR count). The Bertz CT molecular complexity index is 301. The average molecular weight is 287 g/mol. The summed E-state index contributed by atoms with van der Waals surface area (Å²) in [5, 5.41) is 0. The summed E-state index contributed by atoms with van der Waals surface area (Å²) in [6, 6.07) is 0. The molecule has 0 aliphatic carbocycles. The molecule has 5 heteroatoms. The van der Waals surface area contributed by atoms with Crippen LogP contribution in [0.2, 0.25) is 0 Å². The van der Waals surface area contributed by atoms with Gasteiger partial charge in [-0.15, -0.1) is 0 Å². The number of thiocarbonyl (C=S) groups is 1. The van der Waals surface area contributed by atoms with Crippen LogP contribution in [0.15, 0.2) is 0 Å². The molecule has 0 atom stereocenters. The van der Waals surface area contributed by atoms with Crippen LogP contribution >= 0.6 is 12.2 Å². The van der Waals surface area contributed by atoms with Crippen molar-refractivity contribution in [3.8, 4) is 0 Å². The number of carbonyl (C=O) groups is 1. The molecule has 0 aliphatic rings. The molecule has 2 N–H and O–H groups in total. The van der Waals surface area contributed by atoms with E-state index in [0.717, 1.165) is 32.6 Å². The van der Waals surface area contributed by atoms with Crippen molar-refractivity contribution < 1.29 is 4.79 Å². The fraction of sp³-hybridized carbons (Fsp3) is 0.857. The van der Waals surface area contributed by atoms with Gasteiger partial charge in [-0.2, -0.15) is 0 Å². The molecule has 4 nitrogen and oxygen atoms in total. The van der Waals surface area contributed by atoms with E-state index in [1.165, 1.54) is 0 Å². The molecule has 0 bridgehead atoms. The van der Waals surface area contributed by atoms with Gasteiger partial charge in [0, 0.05) is 13.1 Å². The summed E-state index contributed by atoms with van der Waals surface area (Å²) < 4.78 is 0. The molecule has 0 aromatic rings. The number of carbonyl (C=O) groups excluding carboxylic acids is 1. The van der Waals surface area contributed by atoms with Crippen LogP contribution in [0.4, 0.5) is 0 Å². The lowest BCUT2D eigenvalue weighted by atomic mass is 9.91. The molecular formula is C14H29N3OS. The van der Waals surface area contributed by atoms with Crippen LogP contribution < -0.4 is 5.73 Å². The fourth-order valence-corrected chi connectivity index (χ4v) is 2.02. The Balaban J connectivity index is 4.43. The number of hydrogen-bond donors (Lipinski definition) is 1. The monoisotopic (exact) mass is 287 g/mol. The Morgan fingerprint density at radius 2 is 1.63 bits per heavy atom. The van der Waals surface area contributed by atoms with Crippen LogP contribution in [0.5, 0.6) is 0 Å². The van der Waals surface area contributed by atoms with E-state index < -0.39 is 5.41 Å². The minimum Gasteiger partial charge on any atom is -0.392 e. The highest BCUT2D eigenvalue weighted by Crippen LogP contribution is 2.19. The molecule has 0 saturated heterocycles. The van der Waals surface area contributed by atoms with Crippen LogP contribution in [-0.2, 0) is 4.79 Å². The molecule has 0 radical (unpaired) electrons. The average Bonchev–Trinajstić information content (AvgIpc) is 2.38. The predicted octanol–water partition coefficient (Wildman–Crippen LogP) is 1.88. The van der Waals surface area contributed by atoms with Gasteiger partial charge in [-0.1, -0.05) is 26.1 Å². The van der Waals surface area contributed by atoms with Gasteiger partial charge in [0.2, 0.25) is 5.91 Å². The van der Waals surface area contributed by atoms with E-state index in [-0.39, 0.29) is 10.9 Å². The highest BCUT2D eigenvalue weighted by molar-refractivity contribution is 7.80. The fourth-order valence-electron chi connectivity index (χ4n) is 1.93. The highest BCUT2D eigenvalue weighted by Gasteiger charge is 2.34. The summed E-state index contributed by atoms with van der Waals surface area (Å²) in [5.74, 6) is 0.0297. The van der Waals surface area contributed by atoms with E-state index in [0.29, 0.717) is 6.54 Å². The minimum atomic E-state index is -0.749. The second-order valence-electron chi connectivity index (χ2n) is 5.25. The first-order valence-corrected chi connectivity index (χ1v) is 7.53. The third kappa shape index (κ3) is 5.45. The standard InChI is InChI=1S/C14H29N3OS/c1-6-16(7-2)10-9-11-17(8-3)13(18)14(4,5)12(15)19/h6-11H2,1-5H3,(H2,15,19). The number of nitrogens with zero attached hydrogens (tertiary/aromatic N) is 2. The van der Waals surface area contributed by atoms with Crippen LogP contribution in [0.3, 0.4) is 0 Å². The number of hydrogen-bond acceptors (Lipinski definition) is 3. The van der Waals surface area contributed by atoms with Gasteiger partial charge in [0.1, 0.15) is 0 Å². The second kappa shape index (κ2) is 8.48. The SMILES string of the molecule is CCN(CC)CCCN(CC)C(=O)C(C)(C)C(N)=S. The lowest BCUT2D eigenvalue weighted by Gasteiger charge is -2.31. The minimum absolute atomic E-state index is 0.0297. The third-order valence-electron chi connectivity index (χ3n) is 3.62.